The number of carboxylic acid groups (broad SMARTS) is 1. The van der Waals surface area contributed by atoms with Gasteiger partial charge in [-0.15, -0.1) is 0 Å². The van der Waals surface area contributed by atoms with E-state index in [1.54, 1.807) is 6.07 Å². The van der Waals surface area contributed by atoms with E-state index in [4.69, 9.17) is 11.5 Å². The molecule has 0 bridgehead atoms. The second-order valence-electron chi connectivity index (χ2n) is 7.27. The first kappa shape index (κ1) is 23.6. The zero-order valence-corrected chi connectivity index (χ0v) is 17.5. The highest BCUT2D eigenvalue weighted by Gasteiger charge is 2.36. The Bertz CT molecular complexity index is 1420. The van der Waals surface area contributed by atoms with Gasteiger partial charge in [0.05, 0.1) is 17.4 Å². The monoisotopic (exact) mass is 494 g/mol. The van der Waals surface area contributed by atoms with Gasteiger partial charge in [0.1, 0.15) is 29.4 Å². The van der Waals surface area contributed by atoms with Crippen molar-refractivity contribution in [2.24, 2.45) is 0 Å². The molecule has 3 heterocycles. The number of pyridine rings is 1. The van der Waals surface area contributed by atoms with E-state index in [2.05, 4.69) is 20.1 Å². The van der Waals surface area contributed by atoms with Gasteiger partial charge in [-0.3, -0.25) is 4.90 Å². The van der Waals surface area contributed by atoms with Crippen molar-refractivity contribution in [2.45, 2.75) is 12.6 Å². The van der Waals surface area contributed by atoms with E-state index in [9.17, 15) is 31.9 Å². The molecule has 4 aromatic rings. The first-order valence-corrected chi connectivity index (χ1v) is 9.71. The number of anilines is 3. The number of benzene rings is 1. The fourth-order valence-electron chi connectivity index (χ4n) is 3.40. The number of carbonyl (C=O) groups is 1. The van der Waals surface area contributed by atoms with E-state index >= 15 is 0 Å². The number of alkyl halides is 3. The molecule has 10 nitrogen and oxygen atoms in total. The van der Waals surface area contributed by atoms with Gasteiger partial charge in [0.25, 0.3) is 5.95 Å². The molecule has 1 aromatic carbocycles. The van der Waals surface area contributed by atoms with Crippen molar-refractivity contribution < 1.29 is 31.9 Å². The van der Waals surface area contributed by atoms with Crippen molar-refractivity contribution in [1.82, 2.24) is 24.7 Å². The lowest BCUT2D eigenvalue weighted by Gasteiger charge is -2.22. The summed E-state index contributed by atoms with van der Waals surface area (Å²) >= 11 is 0. The maximum Gasteiger partial charge on any atom is 0.412 e. The van der Waals surface area contributed by atoms with Gasteiger partial charge >= 0.3 is 12.3 Å². The van der Waals surface area contributed by atoms with Crippen molar-refractivity contribution >= 4 is 34.4 Å². The van der Waals surface area contributed by atoms with Crippen LogP contribution in [0.5, 0.6) is 0 Å². The normalized spacial score (nSPS) is 11.7. The van der Waals surface area contributed by atoms with Crippen LogP contribution in [-0.4, -0.2) is 48.7 Å². The third kappa shape index (κ3) is 4.73. The highest BCUT2D eigenvalue weighted by molar-refractivity contribution is 5.94. The molecule has 4 rings (SSSR count). The third-order valence-electron chi connectivity index (χ3n) is 4.83. The molecule has 182 valence electrons. The Kier molecular flexibility index (Phi) is 5.84. The minimum atomic E-state index is -4.90. The number of amides is 1. The van der Waals surface area contributed by atoms with Gasteiger partial charge in [0.15, 0.2) is 11.6 Å². The van der Waals surface area contributed by atoms with Crippen LogP contribution in [0.3, 0.4) is 0 Å². The number of halogens is 5. The Labute approximate surface area is 192 Å². The quantitative estimate of drug-likeness (QED) is 0.358. The molecule has 0 fully saturated rings. The lowest BCUT2D eigenvalue weighted by atomic mass is 10.1. The predicted octanol–water partition coefficient (Wildman–Crippen LogP) is 3.29. The number of aromatic nitrogens is 5. The topological polar surface area (TPSA) is 149 Å². The van der Waals surface area contributed by atoms with Gasteiger partial charge in [-0.1, -0.05) is 18.2 Å². The van der Waals surface area contributed by atoms with Crippen LogP contribution in [0.2, 0.25) is 0 Å². The van der Waals surface area contributed by atoms with Crippen LogP contribution >= 0.6 is 0 Å². The lowest BCUT2D eigenvalue weighted by Crippen LogP contribution is -2.39. The molecule has 0 unspecified atom stereocenters. The van der Waals surface area contributed by atoms with Crippen LogP contribution in [-0.2, 0) is 6.42 Å². The average molecular weight is 494 g/mol. The molecule has 0 radical (unpaired) electrons. The maximum atomic E-state index is 14.2. The van der Waals surface area contributed by atoms with Crippen molar-refractivity contribution in [2.75, 3.05) is 22.9 Å². The summed E-state index contributed by atoms with van der Waals surface area (Å²) in [7, 11) is 0. The zero-order chi connectivity index (χ0) is 25.5. The first-order chi connectivity index (χ1) is 16.4. The second-order valence-corrected chi connectivity index (χ2v) is 7.27. The van der Waals surface area contributed by atoms with Gasteiger partial charge in [-0.05, 0) is 11.6 Å². The minimum Gasteiger partial charge on any atom is -0.465 e. The first-order valence-electron chi connectivity index (χ1n) is 9.71. The Hall–Kier alpha value is -4.56. The number of fused-ring (bicyclic) bond motifs is 1. The van der Waals surface area contributed by atoms with Crippen molar-refractivity contribution in [3.05, 3.63) is 59.4 Å². The molecule has 5 N–H and O–H groups in total. The number of hydrogen-bond acceptors (Lipinski definition) is 7. The molecule has 0 saturated heterocycles. The standard InChI is InChI=1S/C20H15F5N8O2/c21-10-6-13-14(28-7-10)12(5-9-3-1-2-4-11(9)22)31-33(13)18-29-16(26)15(17(27)30-18)32(19(34)35)8-20(23,24)25/h1-4,6-7H,5,8H2,(H,34,35)(H4,26,27,29,30). The zero-order valence-electron chi connectivity index (χ0n) is 17.5. The van der Waals surface area contributed by atoms with Gasteiger partial charge in [-0.2, -0.15) is 32.9 Å². The van der Waals surface area contributed by atoms with Crippen LogP contribution in [0.25, 0.3) is 17.0 Å². The molecule has 0 spiro atoms. The number of rotatable bonds is 5. The summed E-state index contributed by atoms with van der Waals surface area (Å²) in [6.07, 6.45) is -6.01. The fourth-order valence-corrected chi connectivity index (χ4v) is 3.40. The number of hydrogen-bond donors (Lipinski definition) is 3. The summed E-state index contributed by atoms with van der Waals surface area (Å²) in [6.45, 7) is -1.91. The summed E-state index contributed by atoms with van der Waals surface area (Å²) in [6, 6.07) is 6.93. The largest absolute Gasteiger partial charge is 0.465 e. The van der Waals surface area contributed by atoms with Crippen LogP contribution in [0.15, 0.2) is 36.5 Å². The number of nitrogens with two attached hydrogens (primary N) is 2. The minimum absolute atomic E-state index is 0.0354. The van der Waals surface area contributed by atoms with Crippen LogP contribution in [0.1, 0.15) is 11.3 Å². The average Bonchev–Trinajstić information content (AvgIpc) is 3.10. The van der Waals surface area contributed by atoms with Gasteiger partial charge in [0.2, 0.25) is 0 Å². The van der Waals surface area contributed by atoms with E-state index < -0.39 is 53.7 Å². The van der Waals surface area contributed by atoms with Crippen molar-refractivity contribution in [3.8, 4) is 5.95 Å². The summed E-state index contributed by atoms with van der Waals surface area (Å²) in [5.41, 5.74) is 11.4. The van der Waals surface area contributed by atoms with Crippen LogP contribution in [0.4, 0.5) is 44.1 Å². The summed E-state index contributed by atoms with van der Waals surface area (Å²) in [5.74, 6) is -3.04. The Morgan fingerprint density at radius 2 is 1.77 bits per heavy atom. The number of nitrogens with zero attached hydrogens (tertiary/aromatic N) is 6. The lowest BCUT2D eigenvalue weighted by molar-refractivity contribution is -0.118. The summed E-state index contributed by atoms with van der Waals surface area (Å²) in [5, 5.41) is 13.5. The molecular formula is C20H15F5N8O2. The predicted molar refractivity (Wildman–Crippen MR) is 114 cm³/mol. The second kappa shape index (κ2) is 8.66. The molecule has 0 atom stereocenters. The highest BCUT2D eigenvalue weighted by atomic mass is 19.4. The van der Waals surface area contributed by atoms with E-state index in [1.807, 2.05) is 0 Å². The van der Waals surface area contributed by atoms with E-state index in [-0.39, 0.29) is 33.6 Å². The van der Waals surface area contributed by atoms with Gasteiger partial charge < -0.3 is 16.6 Å². The Balaban J connectivity index is 1.84. The molecule has 35 heavy (non-hydrogen) atoms. The Morgan fingerprint density at radius 3 is 2.37 bits per heavy atom. The molecule has 1 amide bonds. The fraction of sp³-hybridized carbons (Fsp3) is 0.150. The maximum absolute atomic E-state index is 14.2. The molecule has 15 heteroatoms. The number of nitrogen functional groups attached to an aromatic ring is 2. The van der Waals surface area contributed by atoms with E-state index in [0.717, 1.165) is 16.9 Å². The summed E-state index contributed by atoms with van der Waals surface area (Å²) < 4.78 is 67.7. The van der Waals surface area contributed by atoms with Crippen molar-refractivity contribution in [3.63, 3.8) is 0 Å². The SMILES string of the molecule is Nc1nc(-n2nc(Cc3ccccc3F)c3ncc(F)cc32)nc(N)c1N(CC(F)(F)F)C(=O)O. The van der Waals surface area contributed by atoms with Crippen LogP contribution < -0.4 is 16.4 Å². The van der Waals surface area contributed by atoms with Gasteiger partial charge in [-0.25, -0.2) is 18.6 Å². The molecule has 0 aliphatic carbocycles. The van der Waals surface area contributed by atoms with Crippen LogP contribution in [0, 0.1) is 11.6 Å². The molecule has 3 aromatic heterocycles. The molecule has 0 saturated carbocycles. The third-order valence-corrected chi connectivity index (χ3v) is 4.83. The van der Waals surface area contributed by atoms with E-state index in [0.29, 0.717) is 0 Å². The van der Waals surface area contributed by atoms with Gasteiger partial charge in [0, 0.05) is 12.5 Å². The smallest absolute Gasteiger partial charge is 0.412 e. The Morgan fingerprint density at radius 1 is 1.11 bits per heavy atom. The molecule has 0 aliphatic heterocycles. The highest BCUT2D eigenvalue weighted by Crippen LogP contribution is 2.32. The van der Waals surface area contributed by atoms with Crippen molar-refractivity contribution in [1.29, 1.82) is 0 Å². The van der Waals surface area contributed by atoms with E-state index in [1.165, 1.54) is 18.2 Å². The molecular weight excluding hydrogens is 479 g/mol. The summed E-state index contributed by atoms with van der Waals surface area (Å²) in [4.78, 5) is 23.0. The molecule has 0 aliphatic rings.